The van der Waals surface area contributed by atoms with Crippen molar-refractivity contribution in [2.75, 3.05) is 20.2 Å². The smallest absolute Gasteiger partial charge is 0.322 e. The zero-order valence-corrected chi connectivity index (χ0v) is 12.4. The summed E-state index contributed by atoms with van der Waals surface area (Å²) in [6.07, 6.45) is 8.55. The first-order chi connectivity index (χ1) is 9.20. The van der Waals surface area contributed by atoms with E-state index in [0.29, 0.717) is 12.1 Å². The van der Waals surface area contributed by atoms with E-state index in [1.54, 1.807) is 0 Å². The van der Waals surface area contributed by atoms with Crippen molar-refractivity contribution in [2.24, 2.45) is 0 Å². The standard InChI is InChI=1S/C15H28N2O2/c1-12-6-4-3-5-10-17(12)11-9-14(15(18)19-2)16-13-7-8-13/h12-14,16H,3-11H2,1-2H3. The summed E-state index contributed by atoms with van der Waals surface area (Å²) in [5, 5.41) is 3.41. The molecule has 0 amide bonds. The minimum Gasteiger partial charge on any atom is -0.468 e. The van der Waals surface area contributed by atoms with Crippen LogP contribution in [0.2, 0.25) is 0 Å². The highest BCUT2D eigenvalue weighted by molar-refractivity contribution is 5.75. The van der Waals surface area contributed by atoms with E-state index in [4.69, 9.17) is 4.74 Å². The molecule has 0 aromatic heterocycles. The molecule has 1 saturated heterocycles. The van der Waals surface area contributed by atoms with Crippen LogP contribution in [-0.4, -0.2) is 49.2 Å². The molecule has 110 valence electrons. The number of hydrogen-bond donors (Lipinski definition) is 1. The number of rotatable bonds is 6. The topological polar surface area (TPSA) is 41.6 Å². The van der Waals surface area contributed by atoms with Gasteiger partial charge in [0.05, 0.1) is 7.11 Å². The molecule has 4 nitrogen and oxygen atoms in total. The van der Waals surface area contributed by atoms with Gasteiger partial charge in [0.25, 0.3) is 0 Å². The molecular formula is C15H28N2O2. The van der Waals surface area contributed by atoms with Gasteiger partial charge in [-0.1, -0.05) is 12.8 Å². The lowest BCUT2D eigenvalue weighted by atomic mass is 10.1. The average Bonchev–Trinajstić information content (AvgIpc) is 3.23. The molecule has 1 heterocycles. The predicted octanol–water partition coefficient (Wildman–Crippen LogP) is 1.93. The van der Waals surface area contributed by atoms with Gasteiger partial charge in [0.1, 0.15) is 6.04 Å². The van der Waals surface area contributed by atoms with E-state index in [2.05, 4.69) is 17.1 Å². The lowest BCUT2D eigenvalue weighted by molar-refractivity contribution is -0.143. The number of nitrogens with zero attached hydrogens (tertiary/aromatic N) is 1. The molecule has 2 fully saturated rings. The molecule has 2 aliphatic rings. The van der Waals surface area contributed by atoms with Gasteiger partial charge in [-0.2, -0.15) is 0 Å². The summed E-state index contributed by atoms with van der Waals surface area (Å²) in [6, 6.07) is 1.08. The van der Waals surface area contributed by atoms with E-state index in [0.717, 1.165) is 13.0 Å². The molecule has 1 saturated carbocycles. The van der Waals surface area contributed by atoms with Crippen molar-refractivity contribution in [2.45, 2.75) is 70.0 Å². The summed E-state index contributed by atoms with van der Waals surface area (Å²) in [7, 11) is 1.48. The van der Waals surface area contributed by atoms with Gasteiger partial charge >= 0.3 is 5.97 Å². The Morgan fingerprint density at radius 1 is 1.32 bits per heavy atom. The van der Waals surface area contributed by atoms with Crippen molar-refractivity contribution in [1.29, 1.82) is 0 Å². The first kappa shape index (κ1) is 14.8. The highest BCUT2D eigenvalue weighted by Crippen LogP contribution is 2.21. The zero-order chi connectivity index (χ0) is 13.7. The third-order valence-electron chi connectivity index (χ3n) is 4.40. The van der Waals surface area contributed by atoms with Gasteiger partial charge in [0, 0.05) is 18.6 Å². The average molecular weight is 268 g/mol. The van der Waals surface area contributed by atoms with E-state index >= 15 is 0 Å². The molecule has 0 aromatic rings. The highest BCUT2D eigenvalue weighted by Gasteiger charge is 2.29. The largest absolute Gasteiger partial charge is 0.468 e. The summed E-state index contributed by atoms with van der Waals surface area (Å²) in [5.41, 5.74) is 0. The number of hydrogen-bond acceptors (Lipinski definition) is 4. The molecule has 4 heteroatoms. The molecule has 0 spiro atoms. The molecular weight excluding hydrogens is 240 g/mol. The van der Waals surface area contributed by atoms with Crippen molar-refractivity contribution in [3.63, 3.8) is 0 Å². The molecule has 2 rings (SSSR count). The maximum Gasteiger partial charge on any atom is 0.322 e. The molecule has 0 radical (unpaired) electrons. The van der Waals surface area contributed by atoms with Crippen LogP contribution in [0.3, 0.4) is 0 Å². The number of carbonyl (C=O) groups is 1. The van der Waals surface area contributed by atoms with Crippen molar-refractivity contribution < 1.29 is 9.53 Å². The van der Waals surface area contributed by atoms with Gasteiger partial charge in [0.2, 0.25) is 0 Å². The molecule has 1 aliphatic heterocycles. The second-order valence-corrected chi connectivity index (χ2v) is 6.04. The SMILES string of the molecule is COC(=O)C(CCN1CCCCCC1C)NC1CC1. The third-order valence-corrected chi connectivity index (χ3v) is 4.40. The van der Waals surface area contributed by atoms with Crippen molar-refractivity contribution in [1.82, 2.24) is 10.2 Å². The fourth-order valence-electron chi connectivity index (χ4n) is 2.91. The van der Waals surface area contributed by atoms with E-state index in [1.165, 1.54) is 52.2 Å². The first-order valence-corrected chi connectivity index (χ1v) is 7.78. The number of methoxy groups -OCH3 is 1. The second-order valence-electron chi connectivity index (χ2n) is 6.04. The van der Waals surface area contributed by atoms with E-state index < -0.39 is 0 Å². The quantitative estimate of drug-likeness (QED) is 0.748. The summed E-state index contributed by atoms with van der Waals surface area (Å²) in [4.78, 5) is 14.3. The van der Waals surface area contributed by atoms with Crippen molar-refractivity contribution in [3.8, 4) is 0 Å². The summed E-state index contributed by atoms with van der Waals surface area (Å²) in [6.45, 7) is 4.49. The minimum atomic E-state index is -0.118. The Morgan fingerprint density at radius 2 is 2.11 bits per heavy atom. The maximum absolute atomic E-state index is 11.8. The van der Waals surface area contributed by atoms with Crippen LogP contribution in [0.25, 0.3) is 0 Å². The second kappa shape index (κ2) is 7.25. The van der Waals surface area contributed by atoms with E-state index in [-0.39, 0.29) is 12.0 Å². The highest BCUT2D eigenvalue weighted by atomic mass is 16.5. The van der Waals surface area contributed by atoms with Gasteiger partial charge in [-0.15, -0.1) is 0 Å². The van der Waals surface area contributed by atoms with Crippen LogP contribution >= 0.6 is 0 Å². The van der Waals surface area contributed by atoms with Gasteiger partial charge in [0.15, 0.2) is 0 Å². The van der Waals surface area contributed by atoms with E-state index in [1.807, 2.05) is 0 Å². The van der Waals surface area contributed by atoms with Gasteiger partial charge < -0.3 is 15.0 Å². The number of ether oxygens (including phenoxy) is 1. The predicted molar refractivity (Wildman–Crippen MR) is 76.1 cm³/mol. The van der Waals surface area contributed by atoms with Crippen LogP contribution in [0, 0.1) is 0 Å². The molecule has 1 N–H and O–H groups in total. The van der Waals surface area contributed by atoms with Crippen LogP contribution in [-0.2, 0) is 9.53 Å². The molecule has 0 aromatic carbocycles. The number of carbonyl (C=O) groups excluding carboxylic acids is 1. The number of likely N-dealkylation sites (tertiary alicyclic amines) is 1. The van der Waals surface area contributed by atoms with Crippen LogP contribution in [0.4, 0.5) is 0 Å². The summed E-state index contributed by atoms with van der Waals surface area (Å²) in [5.74, 6) is -0.102. The lowest BCUT2D eigenvalue weighted by Gasteiger charge is -2.28. The fourth-order valence-corrected chi connectivity index (χ4v) is 2.91. The van der Waals surface area contributed by atoms with E-state index in [9.17, 15) is 4.79 Å². The Labute approximate surface area is 116 Å². The maximum atomic E-state index is 11.8. The van der Waals surface area contributed by atoms with Gasteiger partial charge in [-0.3, -0.25) is 4.79 Å². The molecule has 0 bridgehead atoms. The number of nitrogens with one attached hydrogen (secondary N) is 1. The van der Waals surface area contributed by atoms with Crippen LogP contribution in [0.15, 0.2) is 0 Å². The first-order valence-electron chi connectivity index (χ1n) is 7.78. The fraction of sp³-hybridized carbons (Fsp3) is 0.933. The zero-order valence-electron chi connectivity index (χ0n) is 12.4. The molecule has 2 atom stereocenters. The van der Waals surface area contributed by atoms with Crippen molar-refractivity contribution in [3.05, 3.63) is 0 Å². The molecule has 2 unspecified atom stereocenters. The van der Waals surface area contributed by atoms with Gasteiger partial charge in [-0.25, -0.2) is 0 Å². The minimum absolute atomic E-state index is 0.102. The monoisotopic (exact) mass is 268 g/mol. The molecule has 1 aliphatic carbocycles. The Kier molecular flexibility index (Phi) is 5.64. The van der Waals surface area contributed by atoms with Crippen molar-refractivity contribution >= 4 is 5.97 Å². The Balaban J connectivity index is 1.80. The summed E-state index contributed by atoms with van der Waals surface area (Å²) < 4.78 is 4.91. The van der Waals surface area contributed by atoms with Crippen LogP contribution in [0.1, 0.15) is 51.9 Å². The normalized spacial score (nSPS) is 26.7. The Morgan fingerprint density at radius 3 is 2.79 bits per heavy atom. The summed E-state index contributed by atoms with van der Waals surface area (Å²) >= 11 is 0. The Hall–Kier alpha value is -0.610. The molecule has 19 heavy (non-hydrogen) atoms. The lowest BCUT2D eigenvalue weighted by Crippen LogP contribution is -2.43. The Bertz CT molecular complexity index is 292. The van der Waals surface area contributed by atoms with Crippen LogP contribution in [0.5, 0.6) is 0 Å². The van der Waals surface area contributed by atoms with Crippen LogP contribution < -0.4 is 5.32 Å². The number of esters is 1. The van der Waals surface area contributed by atoms with Gasteiger partial charge in [-0.05, 0) is 45.6 Å². The third kappa shape index (κ3) is 4.77.